The van der Waals surface area contributed by atoms with Crippen LogP contribution in [0.25, 0.3) is 0 Å². The molecular weight excluding hydrogens is 258 g/mol. The molecule has 1 atom stereocenters. The van der Waals surface area contributed by atoms with Gasteiger partial charge in [0.05, 0.1) is 6.54 Å². The Hall–Kier alpha value is -1.30. The number of carbonyl (C=O) groups excluding carboxylic acids is 2. The van der Waals surface area contributed by atoms with Gasteiger partial charge in [-0.1, -0.05) is 0 Å². The van der Waals surface area contributed by atoms with Gasteiger partial charge in [0.2, 0.25) is 5.91 Å². The number of hydrogen-bond acceptors (Lipinski definition) is 4. The van der Waals surface area contributed by atoms with Gasteiger partial charge in [-0.2, -0.15) is 0 Å². The standard InChI is InChI=1S/C14H27N3O3/c1-14(2,3)20-13(19)16(4)9-11-6-5-7-17(10-11)12(18)8-15/h11H,5-10,15H2,1-4H3. The number of likely N-dealkylation sites (tertiary alicyclic amines) is 1. The zero-order valence-electron chi connectivity index (χ0n) is 13.0. The largest absolute Gasteiger partial charge is 0.444 e. The van der Waals surface area contributed by atoms with Crippen LogP contribution in [0.4, 0.5) is 4.79 Å². The zero-order valence-corrected chi connectivity index (χ0v) is 13.0. The van der Waals surface area contributed by atoms with Crippen LogP contribution in [-0.4, -0.2) is 60.6 Å². The highest BCUT2D eigenvalue weighted by molar-refractivity contribution is 5.78. The molecule has 0 saturated carbocycles. The van der Waals surface area contributed by atoms with Crippen LogP contribution in [0, 0.1) is 5.92 Å². The minimum atomic E-state index is -0.487. The van der Waals surface area contributed by atoms with Crippen LogP contribution in [0.15, 0.2) is 0 Å². The Bertz CT molecular complexity index is 352. The Morgan fingerprint density at radius 1 is 1.40 bits per heavy atom. The first-order valence-corrected chi connectivity index (χ1v) is 7.15. The van der Waals surface area contributed by atoms with Crippen molar-refractivity contribution in [2.75, 3.05) is 33.2 Å². The fraction of sp³-hybridized carbons (Fsp3) is 0.857. The third-order valence-electron chi connectivity index (χ3n) is 3.28. The predicted molar refractivity (Wildman–Crippen MR) is 77.2 cm³/mol. The van der Waals surface area contributed by atoms with Gasteiger partial charge in [0.1, 0.15) is 5.60 Å². The normalized spacial score (nSPS) is 19.6. The van der Waals surface area contributed by atoms with Crippen LogP contribution in [0.5, 0.6) is 0 Å². The van der Waals surface area contributed by atoms with Crippen LogP contribution in [-0.2, 0) is 9.53 Å². The van der Waals surface area contributed by atoms with E-state index >= 15 is 0 Å². The van der Waals surface area contributed by atoms with E-state index in [0.29, 0.717) is 13.1 Å². The van der Waals surface area contributed by atoms with E-state index < -0.39 is 5.60 Å². The van der Waals surface area contributed by atoms with Gasteiger partial charge in [0.15, 0.2) is 0 Å². The van der Waals surface area contributed by atoms with Crippen molar-refractivity contribution >= 4 is 12.0 Å². The van der Waals surface area contributed by atoms with Gasteiger partial charge in [-0.3, -0.25) is 4.79 Å². The van der Waals surface area contributed by atoms with Gasteiger partial charge in [-0.25, -0.2) is 4.79 Å². The Morgan fingerprint density at radius 2 is 2.05 bits per heavy atom. The molecule has 1 rings (SSSR count). The molecule has 2 N–H and O–H groups in total. The molecule has 6 nitrogen and oxygen atoms in total. The summed E-state index contributed by atoms with van der Waals surface area (Å²) in [5.74, 6) is 0.270. The maximum absolute atomic E-state index is 11.9. The molecular formula is C14H27N3O3. The van der Waals surface area contributed by atoms with Crippen LogP contribution >= 0.6 is 0 Å². The Labute approximate surface area is 121 Å². The van der Waals surface area contributed by atoms with Gasteiger partial charge in [-0.05, 0) is 39.5 Å². The number of ether oxygens (including phenoxy) is 1. The first kappa shape index (κ1) is 16.8. The van der Waals surface area contributed by atoms with Crippen molar-refractivity contribution in [2.24, 2.45) is 11.7 Å². The molecule has 0 aromatic carbocycles. The van der Waals surface area contributed by atoms with Crippen molar-refractivity contribution in [1.82, 2.24) is 9.80 Å². The van der Waals surface area contributed by atoms with E-state index in [9.17, 15) is 9.59 Å². The van der Waals surface area contributed by atoms with E-state index in [0.717, 1.165) is 19.4 Å². The summed E-state index contributed by atoms with van der Waals surface area (Å²) in [5.41, 5.74) is 4.90. The number of amides is 2. The molecule has 116 valence electrons. The van der Waals surface area contributed by atoms with Gasteiger partial charge < -0.3 is 20.3 Å². The van der Waals surface area contributed by atoms with E-state index in [-0.39, 0.29) is 24.5 Å². The van der Waals surface area contributed by atoms with Crippen LogP contribution in [0.2, 0.25) is 0 Å². The summed E-state index contributed by atoms with van der Waals surface area (Å²) in [6.45, 7) is 7.63. The second-order valence-electron chi connectivity index (χ2n) is 6.41. The molecule has 1 aliphatic rings. The second kappa shape index (κ2) is 6.92. The summed E-state index contributed by atoms with van der Waals surface area (Å²) in [7, 11) is 1.73. The molecule has 0 aromatic rings. The molecule has 1 unspecified atom stereocenters. The minimum absolute atomic E-state index is 0.0189. The average Bonchev–Trinajstić information content (AvgIpc) is 2.36. The van der Waals surface area contributed by atoms with Crippen molar-refractivity contribution in [3.63, 3.8) is 0 Å². The molecule has 0 bridgehead atoms. The fourth-order valence-electron chi connectivity index (χ4n) is 2.37. The monoisotopic (exact) mass is 285 g/mol. The Kier molecular flexibility index (Phi) is 5.80. The lowest BCUT2D eigenvalue weighted by atomic mass is 9.97. The van der Waals surface area contributed by atoms with Crippen LogP contribution in [0.1, 0.15) is 33.6 Å². The number of hydrogen-bond donors (Lipinski definition) is 1. The van der Waals surface area contributed by atoms with Crippen molar-refractivity contribution in [1.29, 1.82) is 0 Å². The lowest BCUT2D eigenvalue weighted by molar-refractivity contribution is -0.131. The lowest BCUT2D eigenvalue weighted by Gasteiger charge is -2.35. The molecule has 1 fully saturated rings. The van der Waals surface area contributed by atoms with Crippen molar-refractivity contribution in [2.45, 2.75) is 39.2 Å². The summed E-state index contributed by atoms with van der Waals surface area (Å²) in [6, 6.07) is 0. The van der Waals surface area contributed by atoms with Gasteiger partial charge in [0, 0.05) is 26.7 Å². The second-order valence-corrected chi connectivity index (χ2v) is 6.41. The molecule has 0 aromatic heterocycles. The van der Waals surface area contributed by atoms with E-state index in [1.54, 1.807) is 16.8 Å². The zero-order chi connectivity index (χ0) is 15.3. The highest BCUT2D eigenvalue weighted by Gasteiger charge is 2.26. The molecule has 0 radical (unpaired) electrons. The fourth-order valence-corrected chi connectivity index (χ4v) is 2.37. The summed E-state index contributed by atoms with van der Waals surface area (Å²) < 4.78 is 5.32. The maximum Gasteiger partial charge on any atom is 0.410 e. The highest BCUT2D eigenvalue weighted by atomic mass is 16.6. The molecule has 1 aliphatic heterocycles. The number of piperidine rings is 1. The SMILES string of the molecule is CN(CC1CCCN(C(=O)CN)C1)C(=O)OC(C)(C)C. The summed E-state index contributed by atoms with van der Waals surface area (Å²) in [5, 5.41) is 0. The first-order chi connectivity index (χ1) is 9.23. The summed E-state index contributed by atoms with van der Waals surface area (Å²) in [6.07, 6.45) is 1.65. The molecule has 20 heavy (non-hydrogen) atoms. The van der Waals surface area contributed by atoms with Crippen LogP contribution < -0.4 is 5.73 Å². The van der Waals surface area contributed by atoms with E-state index in [2.05, 4.69) is 0 Å². The van der Waals surface area contributed by atoms with Crippen molar-refractivity contribution in [3.8, 4) is 0 Å². The minimum Gasteiger partial charge on any atom is -0.444 e. The Morgan fingerprint density at radius 3 is 2.60 bits per heavy atom. The number of nitrogens with two attached hydrogens (primary N) is 1. The number of nitrogens with zero attached hydrogens (tertiary/aromatic N) is 2. The molecule has 0 spiro atoms. The van der Waals surface area contributed by atoms with Crippen molar-refractivity contribution < 1.29 is 14.3 Å². The molecule has 6 heteroatoms. The van der Waals surface area contributed by atoms with Gasteiger partial charge in [-0.15, -0.1) is 0 Å². The predicted octanol–water partition coefficient (Wildman–Crippen LogP) is 1.05. The molecule has 1 saturated heterocycles. The summed E-state index contributed by atoms with van der Waals surface area (Å²) in [4.78, 5) is 26.9. The van der Waals surface area contributed by atoms with E-state index in [4.69, 9.17) is 10.5 Å². The van der Waals surface area contributed by atoms with E-state index in [1.165, 1.54) is 0 Å². The third-order valence-corrected chi connectivity index (χ3v) is 3.28. The summed E-state index contributed by atoms with van der Waals surface area (Å²) >= 11 is 0. The van der Waals surface area contributed by atoms with Crippen LogP contribution in [0.3, 0.4) is 0 Å². The smallest absolute Gasteiger partial charge is 0.410 e. The molecule has 2 amide bonds. The Balaban J connectivity index is 2.47. The average molecular weight is 285 g/mol. The topological polar surface area (TPSA) is 75.9 Å². The lowest BCUT2D eigenvalue weighted by Crippen LogP contribution is -2.46. The molecule has 1 heterocycles. The quantitative estimate of drug-likeness (QED) is 0.841. The number of rotatable bonds is 3. The van der Waals surface area contributed by atoms with Gasteiger partial charge in [0.25, 0.3) is 0 Å². The highest BCUT2D eigenvalue weighted by Crippen LogP contribution is 2.18. The first-order valence-electron chi connectivity index (χ1n) is 7.15. The maximum atomic E-state index is 11.9. The number of carbonyl (C=O) groups is 2. The van der Waals surface area contributed by atoms with Crippen molar-refractivity contribution in [3.05, 3.63) is 0 Å². The molecule has 0 aliphatic carbocycles. The van der Waals surface area contributed by atoms with Gasteiger partial charge >= 0.3 is 6.09 Å². The third kappa shape index (κ3) is 5.36. The van der Waals surface area contributed by atoms with E-state index in [1.807, 2.05) is 20.8 Å².